The lowest BCUT2D eigenvalue weighted by molar-refractivity contribution is -0.182. The minimum absolute atomic E-state index is 0. The minimum Gasteiger partial charge on any atom is -0.381 e. The topological polar surface area (TPSA) is 54.9 Å². The lowest BCUT2D eigenvalue weighted by Crippen LogP contribution is -2.46. The molecule has 0 aromatic rings. The Morgan fingerprint density at radius 2 is 1.78 bits per heavy atom. The molecule has 0 atom stereocenters. The Kier molecular flexibility index (Phi) is 11.9. The van der Waals surface area contributed by atoms with Crippen molar-refractivity contribution in [2.75, 3.05) is 40.0 Å². The lowest BCUT2D eigenvalue weighted by Gasteiger charge is -2.31. The molecule has 9 heteroatoms. The molecule has 1 heterocycles. The summed E-state index contributed by atoms with van der Waals surface area (Å²) in [5, 5.41) is 6.45. The van der Waals surface area contributed by atoms with Gasteiger partial charge in [0.2, 0.25) is 0 Å². The van der Waals surface area contributed by atoms with Crippen molar-refractivity contribution in [3.8, 4) is 0 Å². The predicted octanol–water partition coefficient (Wildman–Crippen LogP) is 3.72. The minimum atomic E-state index is -4.06. The summed E-state index contributed by atoms with van der Waals surface area (Å²) in [4.78, 5) is 4.16. The summed E-state index contributed by atoms with van der Waals surface area (Å²) in [7, 11) is 1.68. The second kappa shape index (κ2) is 13.0. The van der Waals surface area contributed by atoms with Crippen molar-refractivity contribution in [1.82, 2.24) is 10.6 Å². The fourth-order valence-electron chi connectivity index (χ4n) is 3.50. The second-order valence-electron chi connectivity index (χ2n) is 7.22. The highest BCUT2D eigenvalue weighted by molar-refractivity contribution is 14.0. The van der Waals surface area contributed by atoms with Crippen molar-refractivity contribution in [1.29, 1.82) is 0 Å². The van der Waals surface area contributed by atoms with Crippen molar-refractivity contribution < 1.29 is 22.6 Å². The van der Waals surface area contributed by atoms with Crippen LogP contribution in [0, 0.1) is 11.8 Å². The SMILES string of the molecule is CN=C(NCCCOCC1CCOCC1)NC1CCC(C(F)(F)F)CC1.I. The van der Waals surface area contributed by atoms with Crippen LogP contribution >= 0.6 is 24.0 Å². The first-order chi connectivity index (χ1) is 12.5. The first kappa shape index (κ1) is 24.7. The van der Waals surface area contributed by atoms with E-state index in [1.807, 2.05) is 0 Å². The van der Waals surface area contributed by atoms with Gasteiger partial charge in [-0.25, -0.2) is 0 Å². The molecule has 0 spiro atoms. The third-order valence-corrected chi connectivity index (χ3v) is 5.21. The Morgan fingerprint density at radius 1 is 1.11 bits per heavy atom. The Hall–Kier alpha value is -0.290. The molecule has 0 amide bonds. The third-order valence-electron chi connectivity index (χ3n) is 5.21. The average Bonchev–Trinajstić information content (AvgIpc) is 2.64. The van der Waals surface area contributed by atoms with E-state index in [2.05, 4.69) is 15.6 Å². The van der Waals surface area contributed by atoms with E-state index in [4.69, 9.17) is 9.47 Å². The number of hydrogen-bond donors (Lipinski definition) is 2. The number of halogens is 4. The highest BCUT2D eigenvalue weighted by Gasteiger charge is 2.41. The summed E-state index contributed by atoms with van der Waals surface area (Å²) in [5.41, 5.74) is 0. The lowest BCUT2D eigenvalue weighted by atomic mass is 9.85. The van der Waals surface area contributed by atoms with Crippen LogP contribution < -0.4 is 10.6 Å². The molecule has 2 aliphatic rings. The molecule has 0 radical (unpaired) electrons. The number of alkyl halides is 3. The maximum Gasteiger partial charge on any atom is 0.391 e. The molecule has 1 saturated carbocycles. The van der Waals surface area contributed by atoms with E-state index in [-0.39, 0.29) is 42.9 Å². The third kappa shape index (κ3) is 9.65. The van der Waals surface area contributed by atoms with Gasteiger partial charge in [0, 0.05) is 46.1 Å². The zero-order chi connectivity index (χ0) is 18.8. The molecule has 0 aromatic heterocycles. The summed E-state index contributed by atoms with van der Waals surface area (Å²) >= 11 is 0. The Labute approximate surface area is 177 Å². The van der Waals surface area contributed by atoms with Crippen molar-refractivity contribution in [2.24, 2.45) is 16.8 Å². The fourth-order valence-corrected chi connectivity index (χ4v) is 3.50. The van der Waals surface area contributed by atoms with Crippen LogP contribution in [0.3, 0.4) is 0 Å². The van der Waals surface area contributed by atoms with Gasteiger partial charge in [0.15, 0.2) is 5.96 Å². The number of hydrogen-bond acceptors (Lipinski definition) is 3. The smallest absolute Gasteiger partial charge is 0.381 e. The summed E-state index contributed by atoms with van der Waals surface area (Å²) in [6, 6.07) is 0.0598. The van der Waals surface area contributed by atoms with E-state index in [0.717, 1.165) is 45.6 Å². The van der Waals surface area contributed by atoms with E-state index in [1.165, 1.54) is 0 Å². The number of guanidine groups is 1. The van der Waals surface area contributed by atoms with Crippen LogP contribution in [0.25, 0.3) is 0 Å². The summed E-state index contributed by atoms with van der Waals surface area (Å²) in [6.07, 6.45) is 0.395. The molecule has 0 aromatic carbocycles. The summed E-state index contributed by atoms with van der Waals surface area (Å²) in [6.45, 7) is 3.88. The highest BCUT2D eigenvalue weighted by atomic mass is 127. The quantitative estimate of drug-likeness (QED) is 0.239. The number of rotatable bonds is 7. The van der Waals surface area contributed by atoms with Crippen LogP contribution in [-0.2, 0) is 9.47 Å². The molecule has 0 unspecified atom stereocenters. The van der Waals surface area contributed by atoms with Crippen LogP contribution in [0.2, 0.25) is 0 Å². The molecule has 2 rings (SSSR count). The molecule has 1 aliphatic heterocycles. The molecule has 1 aliphatic carbocycles. The number of aliphatic imine (C=N–C) groups is 1. The highest BCUT2D eigenvalue weighted by Crippen LogP contribution is 2.37. The first-order valence-electron chi connectivity index (χ1n) is 9.68. The zero-order valence-electron chi connectivity index (χ0n) is 16.0. The van der Waals surface area contributed by atoms with Gasteiger partial charge in [0.25, 0.3) is 0 Å². The Bertz CT molecular complexity index is 425. The molecular formula is C18H33F3IN3O2. The van der Waals surface area contributed by atoms with E-state index >= 15 is 0 Å². The van der Waals surface area contributed by atoms with E-state index < -0.39 is 12.1 Å². The number of ether oxygens (including phenoxy) is 2. The molecule has 2 fully saturated rings. The Balaban J connectivity index is 0.00000364. The van der Waals surface area contributed by atoms with Crippen molar-refractivity contribution >= 4 is 29.9 Å². The average molecular weight is 507 g/mol. The first-order valence-corrected chi connectivity index (χ1v) is 9.68. The van der Waals surface area contributed by atoms with Gasteiger partial charge in [-0.15, -0.1) is 24.0 Å². The van der Waals surface area contributed by atoms with Crippen molar-refractivity contribution in [3.63, 3.8) is 0 Å². The molecule has 160 valence electrons. The molecule has 1 saturated heterocycles. The van der Waals surface area contributed by atoms with E-state index in [1.54, 1.807) is 7.05 Å². The van der Waals surface area contributed by atoms with Crippen LogP contribution in [-0.4, -0.2) is 58.2 Å². The van der Waals surface area contributed by atoms with E-state index in [9.17, 15) is 13.2 Å². The standard InChI is InChI=1S/C18H32F3N3O2.HI/c1-22-17(24-16-5-3-15(4-6-16)18(19,20)21)23-9-2-10-26-13-14-7-11-25-12-8-14;/h14-16H,2-13H2,1H3,(H2,22,23,24);1H. The largest absolute Gasteiger partial charge is 0.391 e. The monoisotopic (exact) mass is 507 g/mol. The van der Waals surface area contributed by atoms with Gasteiger partial charge < -0.3 is 20.1 Å². The van der Waals surface area contributed by atoms with Crippen molar-refractivity contribution in [3.05, 3.63) is 0 Å². The normalized spacial score (nSPS) is 25.0. The molecular weight excluding hydrogens is 474 g/mol. The molecule has 27 heavy (non-hydrogen) atoms. The molecule has 0 bridgehead atoms. The van der Waals surface area contributed by atoms with Gasteiger partial charge >= 0.3 is 6.18 Å². The van der Waals surface area contributed by atoms with Crippen LogP contribution in [0.4, 0.5) is 13.2 Å². The van der Waals surface area contributed by atoms with Gasteiger partial charge in [-0.2, -0.15) is 13.2 Å². The van der Waals surface area contributed by atoms with Crippen LogP contribution in [0.1, 0.15) is 44.9 Å². The number of nitrogens with zero attached hydrogens (tertiary/aromatic N) is 1. The summed E-state index contributed by atoms with van der Waals surface area (Å²) in [5.74, 6) is 0.117. The molecule has 5 nitrogen and oxygen atoms in total. The molecule has 2 N–H and O–H groups in total. The second-order valence-corrected chi connectivity index (χ2v) is 7.22. The van der Waals surface area contributed by atoms with Gasteiger partial charge in [-0.05, 0) is 50.9 Å². The van der Waals surface area contributed by atoms with Crippen LogP contribution in [0.5, 0.6) is 0 Å². The predicted molar refractivity (Wildman–Crippen MR) is 111 cm³/mol. The Morgan fingerprint density at radius 3 is 2.37 bits per heavy atom. The van der Waals surface area contributed by atoms with Gasteiger partial charge in [-0.1, -0.05) is 0 Å². The number of nitrogens with one attached hydrogen (secondary N) is 2. The maximum atomic E-state index is 12.7. The van der Waals surface area contributed by atoms with Crippen LogP contribution in [0.15, 0.2) is 4.99 Å². The van der Waals surface area contributed by atoms with Gasteiger partial charge in [0.1, 0.15) is 0 Å². The zero-order valence-corrected chi connectivity index (χ0v) is 18.4. The maximum absolute atomic E-state index is 12.7. The fraction of sp³-hybridized carbons (Fsp3) is 0.944. The summed E-state index contributed by atoms with van der Waals surface area (Å²) < 4.78 is 49.2. The van der Waals surface area contributed by atoms with E-state index in [0.29, 0.717) is 31.3 Å². The van der Waals surface area contributed by atoms with Gasteiger partial charge in [0.05, 0.1) is 5.92 Å². The van der Waals surface area contributed by atoms with Gasteiger partial charge in [-0.3, -0.25) is 4.99 Å². The van der Waals surface area contributed by atoms with Crippen molar-refractivity contribution in [2.45, 2.75) is 57.2 Å².